The van der Waals surface area contributed by atoms with Gasteiger partial charge in [-0.15, -0.1) is 0 Å². The van der Waals surface area contributed by atoms with Gasteiger partial charge in [-0.05, 0) is 37.1 Å². The number of H-pyrrole nitrogens is 1. The lowest BCUT2D eigenvalue weighted by Gasteiger charge is -2.14. The van der Waals surface area contributed by atoms with Gasteiger partial charge in [-0.25, -0.2) is 0 Å². The third-order valence-electron chi connectivity index (χ3n) is 3.60. The Bertz CT molecular complexity index is 810. The molecule has 0 fully saturated rings. The number of aromatic amines is 1. The average Bonchev–Trinajstić information content (AvgIpc) is 3.01. The summed E-state index contributed by atoms with van der Waals surface area (Å²) in [6.45, 7) is 3.58. The van der Waals surface area contributed by atoms with Crippen LogP contribution in [0.3, 0.4) is 0 Å². The molecule has 0 bridgehead atoms. The molecule has 0 aliphatic carbocycles. The molecule has 5 nitrogen and oxygen atoms in total. The normalized spacial score (nSPS) is 11.8. The zero-order valence-electron chi connectivity index (χ0n) is 13.6. The van der Waals surface area contributed by atoms with Gasteiger partial charge in [0.25, 0.3) is 5.91 Å². The van der Waals surface area contributed by atoms with Crippen molar-refractivity contribution in [2.45, 2.75) is 20.0 Å². The Morgan fingerprint density at radius 3 is 2.38 bits per heavy atom. The van der Waals surface area contributed by atoms with Crippen molar-refractivity contribution in [1.29, 1.82) is 0 Å². The molecule has 2 aromatic carbocycles. The van der Waals surface area contributed by atoms with Crippen LogP contribution in [-0.2, 0) is 4.79 Å². The van der Waals surface area contributed by atoms with E-state index in [4.69, 9.17) is 4.74 Å². The van der Waals surface area contributed by atoms with Crippen molar-refractivity contribution in [3.63, 3.8) is 0 Å². The zero-order valence-corrected chi connectivity index (χ0v) is 13.6. The quantitative estimate of drug-likeness (QED) is 0.751. The Morgan fingerprint density at radius 2 is 1.75 bits per heavy atom. The Hall–Kier alpha value is -3.08. The van der Waals surface area contributed by atoms with Gasteiger partial charge in [0.1, 0.15) is 5.75 Å². The van der Waals surface area contributed by atoms with E-state index >= 15 is 0 Å². The summed E-state index contributed by atoms with van der Waals surface area (Å²) >= 11 is 0. The molecule has 24 heavy (non-hydrogen) atoms. The molecule has 1 aromatic heterocycles. The number of hydrogen-bond donors (Lipinski definition) is 2. The van der Waals surface area contributed by atoms with Crippen molar-refractivity contribution in [1.82, 2.24) is 10.2 Å². The molecule has 3 aromatic rings. The molecule has 3 rings (SSSR count). The van der Waals surface area contributed by atoms with Gasteiger partial charge in [0.15, 0.2) is 11.9 Å². The average molecular weight is 321 g/mol. The number of nitrogens with one attached hydrogen (secondary N) is 2. The lowest BCUT2D eigenvalue weighted by atomic mass is 10.1. The first-order valence-electron chi connectivity index (χ1n) is 7.77. The Labute approximate surface area is 140 Å². The molecule has 0 unspecified atom stereocenters. The molecule has 5 heteroatoms. The fourth-order valence-electron chi connectivity index (χ4n) is 2.32. The van der Waals surface area contributed by atoms with Crippen molar-refractivity contribution < 1.29 is 9.53 Å². The number of carbonyl (C=O) groups excluding carboxylic acids is 1. The van der Waals surface area contributed by atoms with E-state index in [-0.39, 0.29) is 5.91 Å². The zero-order chi connectivity index (χ0) is 16.9. The molecule has 1 amide bonds. The van der Waals surface area contributed by atoms with Crippen molar-refractivity contribution in [3.8, 4) is 16.9 Å². The number of aromatic nitrogens is 2. The number of aryl methyl sites for hydroxylation is 1. The minimum atomic E-state index is -0.621. The third-order valence-corrected chi connectivity index (χ3v) is 3.60. The summed E-state index contributed by atoms with van der Waals surface area (Å²) in [6.07, 6.45) is -0.621. The Balaban J connectivity index is 1.62. The number of amides is 1. The van der Waals surface area contributed by atoms with Crippen LogP contribution in [0.1, 0.15) is 12.6 Å². The molecular formula is C19H19N3O2. The molecule has 2 N–H and O–H groups in total. The second-order valence-electron chi connectivity index (χ2n) is 5.58. The number of nitrogens with zero attached hydrogens (tertiary/aromatic N) is 1. The van der Waals surface area contributed by atoms with Crippen LogP contribution in [0.4, 0.5) is 5.82 Å². The number of carbonyl (C=O) groups is 1. The van der Waals surface area contributed by atoms with Gasteiger partial charge < -0.3 is 10.1 Å². The number of rotatable bonds is 5. The SMILES string of the molecule is Cc1cc(NC(=O)[C@H](C)Oc2ccc(-c3ccccc3)cc2)n[nH]1. The molecule has 1 heterocycles. The summed E-state index contributed by atoms with van der Waals surface area (Å²) in [4.78, 5) is 12.1. The van der Waals surface area contributed by atoms with Crippen molar-refractivity contribution in [2.75, 3.05) is 5.32 Å². The number of hydrogen-bond acceptors (Lipinski definition) is 3. The van der Waals surface area contributed by atoms with Gasteiger partial charge in [-0.1, -0.05) is 42.5 Å². The maximum absolute atomic E-state index is 12.1. The van der Waals surface area contributed by atoms with Gasteiger partial charge in [0.2, 0.25) is 0 Å². The summed E-state index contributed by atoms with van der Waals surface area (Å²) in [7, 11) is 0. The standard InChI is InChI=1S/C19H19N3O2/c1-13-12-18(22-21-13)20-19(23)14(2)24-17-10-8-16(9-11-17)15-6-4-3-5-7-15/h3-12,14H,1-2H3,(H2,20,21,22,23)/t14-/m0/s1. The predicted octanol–water partition coefficient (Wildman–Crippen LogP) is 3.79. The first kappa shape index (κ1) is 15.8. The molecule has 0 radical (unpaired) electrons. The van der Waals surface area contributed by atoms with Crippen molar-refractivity contribution in [2.24, 2.45) is 0 Å². The van der Waals surface area contributed by atoms with Gasteiger partial charge in [-0.3, -0.25) is 9.89 Å². The van der Waals surface area contributed by atoms with Crippen molar-refractivity contribution in [3.05, 3.63) is 66.4 Å². The number of benzene rings is 2. The van der Waals surface area contributed by atoms with E-state index in [9.17, 15) is 4.79 Å². The smallest absolute Gasteiger partial charge is 0.266 e. The lowest BCUT2D eigenvalue weighted by Crippen LogP contribution is -2.30. The van der Waals surface area contributed by atoms with E-state index in [0.717, 1.165) is 16.8 Å². The lowest BCUT2D eigenvalue weighted by molar-refractivity contribution is -0.122. The van der Waals surface area contributed by atoms with Crippen molar-refractivity contribution >= 4 is 11.7 Å². The maximum Gasteiger partial charge on any atom is 0.266 e. The maximum atomic E-state index is 12.1. The van der Waals surface area contributed by atoms with Crippen LogP contribution in [0.25, 0.3) is 11.1 Å². The molecule has 1 atom stereocenters. The highest BCUT2D eigenvalue weighted by atomic mass is 16.5. The van der Waals surface area contributed by atoms with E-state index < -0.39 is 6.10 Å². The van der Waals surface area contributed by atoms with Crippen LogP contribution in [0, 0.1) is 6.92 Å². The van der Waals surface area contributed by atoms with Crippen LogP contribution in [0.15, 0.2) is 60.7 Å². The van der Waals surface area contributed by atoms with Gasteiger partial charge in [0, 0.05) is 11.8 Å². The highest BCUT2D eigenvalue weighted by Gasteiger charge is 2.16. The fraction of sp³-hybridized carbons (Fsp3) is 0.158. The van der Waals surface area contributed by atoms with Gasteiger partial charge in [-0.2, -0.15) is 5.10 Å². The van der Waals surface area contributed by atoms with Crippen LogP contribution in [0.2, 0.25) is 0 Å². The van der Waals surface area contributed by atoms with E-state index in [1.54, 1.807) is 13.0 Å². The summed E-state index contributed by atoms with van der Waals surface area (Å²) in [5.74, 6) is 0.900. The van der Waals surface area contributed by atoms with E-state index in [1.807, 2.05) is 49.4 Å². The minimum absolute atomic E-state index is 0.242. The van der Waals surface area contributed by atoms with E-state index in [0.29, 0.717) is 11.6 Å². The predicted molar refractivity (Wildman–Crippen MR) is 93.9 cm³/mol. The van der Waals surface area contributed by atoms with Gasteiger partial charge >= 0.3 is 0 Å². The van der Waals surface area contributed by atoms with Crippen LogP contribution >= 0.6 is 0 Å². The highest BCUT2D eigenvalue weighted by Crippen LogP contribution is 2.22. The summed E-state index contributed by atoms with van der Waals surface area (Å²) in [5, 5.41) is 9.47. The van der Waals surface area contributed by atoms with Crippen LogP contribution in [0.5, 0.6) is 5.75 Å². The monoisotopic (exact) mass is 321 g/mol. The molecule has 122 valence electrons. The Morgan fingerprint density at radius 1 is 1.08 bits per heavy atom. The summed E-state index contributed by atoms with van der Waals surface area (Å²) in [5.41, 5.74) is 3.13. The summed E-state index contributed by atoms with van der Waals surface area (Å²) in [6, 6.07) is 19.6. The molecule has 0 spiro atoms. The van der Waals surface area contributed by atoms with Crippen LogP contribution < -0.4 is 10.1 Å². The summed E-state index contributed by atoms with van der Waals surface area (Å²) < 4.78 is 5.70. The molecule has 0 aliphatic heterocycles. The second kappa shape index (κ2) is 7.00. The number of anilines is 1. The Kier molecular flexibility index (Phi) is 4.61. The second-order valence-corrected chi connectivity index (χ2v) is 5.58. The first-order valence-corrected chi connectivity index (χ1v) is 7.77. The third kappa shape index (κ3) is 3.81. The van der Waals surface area contributed by atoms with Gasteiger partial charge in [0.05, 0.1) is 0 Å². The number of ether oxygens (including phenoxy) is 1. The highest BCUT2D eigenvalue weighted by molar-refractivity contribution is 5.93. The fourth-order valence-corrected chi connectivity index (χ4v) is 2.32. The van der Waals surface area contributed by atoms with E-state index in [1.165, 1.54) is 0 Å². The molecule has 0 aliphatic rings. The largest absolute Gasteiger partial charge is 0.481 e. The molecule has 0 saturated carbocycles. The first-order chi connectivity index (χ1) is 11.6. The van der Waals surface area contributed by atoms with E-state index in [2.05, 4.69) is 27.6 Å². The molecule has 0 saturated heterocycles. The minimum Gasteiger partial charge on any atom is -0.481 e. The molecular weight excluding hydrogens is 302 g/mol. The topological polar surface area (TPSA) is 67.0 Å². The van der Waals surface area contributed by atoms with Crippen LogP contribution in [-0.4, -0.2) is 22.2 Å².